The number of aliphatic hydroxyl groups excluding tert-OH is 6. The summed E-state index contributed by atoms with van der Waals surface area (Å²) < 4.78 is 11.1. The van der Waals surface area contributed by atoms with E-state index >= 15 is 0 Å². The number of aliphatic hydroxyl groups is 6. The predicted octanol–water partition coefficient (Wildman–Crippen LogP) is 6.13. The molecule has 1 amide bonds. The first kappa shape index (κ1) is 46.7. The van der Waals surface area contributed by atoms with E-state index in [9.17, 15) is 35.4 Å². The molecule has 0 radical (unpaired) electrons. The van der Waals surface area contributed by atoms with Gasteiger partial charge in [-0.3, -0.25) is 4.79 Å². The number of allylic oxidation sites excluding steroid dienone is 3. The van der Waals surface area contributed by atoms with E-state index in [-0.39, 0.29) is 6.61 Å². The Morgan fingerprint density at radius 1 is 0.680 bits per heavy atom. The SMILES string of the molecule is CCCCCCCCC/C=C\CC/C=C/[C@@H](O)[C@@H](CO[C@@H]1O[C@H](CO)[C@@H](O)[C@H](O)[C@H]1O)NC(=O)[C@@H](O)CCCCCCCCCCCCCC. The highest BCUT2D eigenvalue weighted by Crippen LogP contribution is 2.22. The smallest absolute Gasteiger partial charge is 0.249 e. The monoisotopic (exact) mass is 714 g/mol. The predicted molar refractivity (Wildman–Crippen MR) is 199 cm³/mol. The number of nitrogens with one attached hydrogen (secondary N) is 1. The Labute approximate surface area is 303 Å². The number of amides is 1. The molecule has 0 spiro atoms. The van der Waals surface area contributed by atoms with Crippen LogP contribution < -0.4 is 5.32 Å². The normalized spacial score (nSPS) is 23.1. The molecule has 10 heteroatoms. The van der Waals surface area contributed by atoms with Crippen LogP contribution in [0.2, 0.25) is 0 Å². The highest BCUT2D eigenvalue weighted by atomic mass is 16.7. The number of ether oxygens (including phenoxy) is 2. The number of unbranched alkanes of at least 4 members (excludes halogenated alkanes) is 19. The Morgan fingerprint density at radius 3 is 1.74 bits per heavy atom. The van der Waals surface area contributed by atoms with Crippen molar-refractivity contribution >= 4 is 5.91 Å². The van der Waals surface area contributed by atoms with E-state index < -0.39 is 61.5 Å². The summed E-state index contributed by atoms with van der Waals surface area (Å²) in [5.41, 5.74) is 0. The molecule has 8 atom stereocenters. The summed E-state index contributed by atoms with van der Waals surface area (Å²) in [6.45, 7) is 3.54. The highest BCUT2D eigenvalue weighted by Gasteiger charge is 2.44. The van der Waals surface area contributed by atoms with Crippen LogP contribution in [0.15, 0.2) is 24.3 Å². The van der Waals surface area contributed by atoms with Gasteiger partial charge in [0.05, 0.1) is 25.4 Å². The van der Waals surface area contributed by atoms with Crippen LogP contribution in [0.3, 0.4) is 0 Å². The van der Waals surface area contributed by atoms with Gasteiger partial charge in [-0.2, -0.15) is 0 Å². The number of carbonyl (C=O) groups excluding carboxylic acids is 1. The molecular weight excluding hydrogens is 638 g/mol. The topological polar surface area (TPSA) is 169 Å². The first-order valence-electron chi connectivity index (χ1n) is 20.2. The average Bonchev–Trinajstić information content (AvgIpc) is 3.11. The second-order valence-electron chi connectivity index (χ2n) is 14.2. The zero-order valence-electron chi connectivity index (χ0n) is 31.5. The van der Waals surface area contributed by atoms with Crippen LogP contribution in [0.1, 0.15) is 162 Å². The minimum Gasteiger partial charge on any atom is -0.394 e. The molecule has 10 nitrogen and oxygen atoms in total. The van der Waals surface area contributed by atoms with E-state index in [0.717, 1.165) is 32.1 Å². The zero-order valence-corrected chi connectivity index (χ0v) is 31.5. The molecule has 1 aliphatic heterocycles. The molecule has 1 fully saturated rings. The van der Waals surface area contributed by atoms with E-state index in [0.29, 0.717) is 19.3 Å². The van der Waals surface area contributed by atoms with Gasteiger partial charge < -0.3 is 45.4 Å². The molecule has 1 rings (SSSR count). The molecule has 0 aromatic rings. The average molecular weight is 714 g/mol. The van der Waals surface area contributed by atoms with Crippen molar-refractivity contribution in [2.24, 2.45) is 0 Å². The Kier molecular flexibility index (Phi) is 29.1. The second-order valence-corrected chi connectivity index (χ2v) is 14.2. The van der Waals surface area contributed by atoms with Gasteiger partial charge in [-0.15, -0.1) is 0 Å². The Hall–Kier alpha value is -1.37. The van der Waals surface area contributed by atoms with Crippen LogP contribution in [0.25, 0.3) is 0 Å². The molecule has 0 unspecified atom stereocenters. The number of hydrogen-bond donors (Lipinski definition) is 7. The Balaban J connectivity index is 2.54. The fourth-order valence-corrected chi connectivity index (χ4v) is 6.24. The van der Waals surface area contributed by atoms with Crippen LogP contribution in [0, 0.1) is 0 Å². The molecule has 1 saturated heterocycles. The lowest BCUT2D eigenvalue weighted by molar-refractivity contribution is -0.302. The van der Waals surface area contributed by atoms with Gasteiger partial charge in [0.15, 0.2) is 6.29 Å². The molecular formula is C40H75NO9. The van der Waals surface area contributed by atoms with E-state index in [1.165, 1.54) is 96.3 Å². The molecule has 1 heterocycles. The van der Waals surface area contributed by atoms with Gasteiger partial charge in [0.25, 0.3) is 0 Å². The van der Waals surface area contributed by atoms with Crippen molar-refractivity contribution in [3.05, 3.63) is 24.3 Å². The van der Waals surface area contributed by atoms with Crippen molar-refractivity contribution in [1.82, 2.24) is 5.32 Å². The standard InChI is InChI=1S/C40H75NO9/c1-3-5-7-9-11-13-15-17-19-20-22-24-26-28-33(43)32(31-49-40-38(47)37(46)36(45)35(30-42)50-40)41-39(48)34(44)29-27-25-23-21-18-16-14-12-10-8-6-4-2/h19-20,26,28,32-38,40,42-47H,3-18,21-25,27,29-31H2,1-2H3,(H,41,48)/b20-19-,28-26+/t32-,33-,34+,35-,36-,37+,38-,40-/m1/s1. The third-order valence-electron chi connectivity index (χ3n) is 9.64. The summed E-state index contributed by atoms with van der Waals surface area (Å²) in [6, 6.07) is -0.990. The lowest BCUT2D eigenvalue weighted by atomic mass is 9.99. The summed E-state index contributed by atoms with van der Waals surface area (Å²) in [5, 5.41) is 64.3. The van der Waals surface area contributed by atoms with E-state index in [1.807, 2.05) is 6.08 Å². The van der Waals surface area contributed by atoms with Crippen molar-refractivity contribution in [2.75, 3.05) is 13.2 Å². The summed E-state index contributed by atoms with van der Waals surface area (Å²) >= 11 is 0. The third-order valence-corrected chi connectivity index (χ3v) is 9.64. The zero-order chi connectivity index (χ0) is 36.8. The quantitative estimate of drug-likeness (QED) is 0.0320. The van der Waals surface area contributed by atoms with Gasteiger partial charge in [0.1, 0.15) is 30.5 Å². The molecule has 50 heavy (non-hydrogen) atoms. The van der Waals surface area contributed by atoms with E-state index in [4.69, 9.17) is 9.47 Å². The largest absolute Gasteiger partial charge is 0.394 e. The maximum atomic E-state index is 12.9. The van der Waals surface area contributed by atoms with Crippen molar-refractivity contribution < 1.29 is 44.9 Å². The highest BCUT2D eigenvalue weighted by molar-refractivity contribution is 5.80. The van der Waals surface area contributed by atoms with Gasteiger partial charge in [-0.25, -0.2) is 0 Å². The fraction of sp³-hybridized carbons (Fsp3) is 0.875. The Morgan fingerprint density at radius 2 is 1.18 bits per heavy atom. The van der Waals surface area contributed by atoms with Crippen LogP contribution >= 0.6 is 0 Å². The van der Waals surface area contributed by atoms with Crippen LogP contribution in [0.5, 0.6) is 0 Å². The summed E-state index contributed by atoms with van der Waals surface area (Å²) in [6.07, 6.45) is 24.1. The minimum atomic E-state index is -1.61. The van der Waals surface area contributed by atoms with Crippen molar-refractivity contribution in [1.29, 1.82) is 0 Å². The fourth-order valence-electron chi connectivity index (χ4n) is 6.24. The third kappa shape index (κ3) is 21.9. The molecule has 0 bridgehead atoms. The minimum absolute atomic E-state index is 0.306. The first-order valence-corrected chi connectivity index (χ1v) is 20.2. The maximum Gasteiger partial charge on any atom is 0.249 e. The van der Waals surface area contributed by atoms with Gasteiger partial charge in [-0.1, -0.05) is 154 Å². The molecule has 7 N–H and O–H groups in total. The van der Waals surface area contributed by atoms with Gasteiger partial charge in [0.2, 0.25) is 5.91 Å². The van der Waals surface area contributed by atoms with E-state index in [2.05, 4.69) is 31.3 Å². The molecule has 0 aliphatic carbocycles. The van der Waals surface area contributed by atoms with E-state index in [1.54, 1.807) is 6.08 Å². The molecule has 294 valence electrons. The maximum absolute atomic E-state index is 12.9. The lowest BCUT2D eigenvalue weighted by Gasteiger charge is -2.40. The molecule has 1 aliphatic rings. The van der Waals surface area contributed by atoms with Crippen LogP contribution in [-0.4, -0.2) is 98.7 Å². The van der Waals surface area contributed by atoms with Crippen molar-refractivity contribution in [2.45, 2.75) is 210 Å². The molecule has 0 aromatic carbocycles. The van der Waals surface area contributed by atoms with Gasteiger partial charge >= 0.3 is 0 Å². The molecule has 0 saturated carbocycles. The Bertz CT molecular complexity index is 855. The summed E-state index contributed by atoms with van der Waals surface area (Å²) in [5.74, 6) is -0.628. The second kappa shape index (κ2) is 31.2. The first-order chi connectivity index (χ1) is 24.3. The lowest BCUT2D eigenvalue weighted by Crippen LogP contribution is -2.60. The van der Waals surface area contributed by atoms with Crippen molar-refractivity contribution in [3.8, 4) is 0 Å². The van der Waals surface area contributed by atoms with Crippen LogP contribution in [0.4, 0.5) is 0 Å². The summed E-state index contributed by atoms with van der Waals surface area (Å²) in [7, 11) is 0. The van der Waals surface area contributed by atoms with Gasteiger partial charge in [0, 0.05) is 0 Å². The van der Waals surface area contributed by atoms with Crippen LogP contribution in [-0.2, 0) is 14.3 Å². The summed E-state index contributed by atoms with van der Waals surface area (Å²) in [4.78, 5) is 12.9. The number of carbonyl (C=O) groups is 1. The van der Waals surface area contributed by atoms with Gasteiger partial charge in [-0.05, 0) is 32.1 Å². The molecule has 0 aromatic heterocycles. The van der Waals surface area contributed by atoms with Crippen molar-refractivity contribution in [3.63, 3.8) is 0 Å². The number of rotatable bonds is 32. The number of hydrogen-bond acceptors (Lipinski definition) is 9.